The molecular weight excluding hydrogens is 470 g/mol. The van der Waals surface area contributed by atoms with Gasteiger partial charge in [0.25, 0.3) is 0 Å². The highest BCUT2D eigenvalue weighted by atomic mass is 19.1. The summed E-state index contributed by atoms with van der Waals surface area (Å²) in [6, 6.07) is 19.2. The summed E-state index contributed by atoms with van der Waals surface area (Å²) >= 11 is 0. The number of hydrogen-bond acceptors (Lipinski definition) is 4. The van der Waals surface area contributed by atoms with Crippen LogP contribution < -0.4 is 15.2 Å². The molecule has 1 atom stereocenters. The third-order valence-electron chi connectivity index (χ3n) is 7.36. The van der Waals surface area contributed by atoms with E-state index in [0.29, 0.717) is 17.7 Å². The Morgan fingerprint density at radius 2 is 1.76 bits per heavy atom. The van der Waals surface area contributed by atoms with Crippen LogP contribution in [0.2, 0.25) is 0 Å². The first-order valence-corrected chi connectivity index (χ1v) is 13.1. The molecule has 1 fully saturated rings. The largest absolute Gasteiger partial charge is 0.497 e. The standard InChI is InChI=1S/C31H34F2N2O2/c1-36-25-11-13-28(30(33)19-25)29-5-2-4-22-18-23(34)8-12-27(22)31(29)21-6-9-24(10-7-21)37-26-14-17-35(20-26)16-3-15-32/h6-13,18-19,26H,2-5,14-17,20,34H2,1H3/t26-/m0/s1. The summed E-state index contributed by atoms with van der Waals surface area (Å²) in [6.07, 6.45) is 4.16. The van der Waals surface area contributed by atoms with Crippen LogP contribution in [0, 0.1) is 5.82 Å². The molecule has 0 spiro atoms. The molecule has 0 saturated carbocycles. The minimum atomic E-state index is -0.288. The molecule has 3 aromatic carbocycles. The van der Waals surface area contributed by atoms with Crippen LogP contribution in [0.1, 0.15) is 47.9 Å². The second kappa shape index (κ2) is 11.3. The Morgan fingerprint density at radius 1 is 0.973 bits per heavy atom. The van der Waals surface area contributed by atoms with Gasteiger partial charge < -0.3 is 15.2 Å². The lowest BCUT2D eigenvalue weighted by Gasteiger charge is -2.19. The molecule has 1 saturated heterocycles. The molecule has 0 amide bonds. The van der Waals surface area contributed by atoms with Gasteiger partial charge in [-0.2, -0.15) is 0 Å². The molecule has 1 aliphatic heterocycles. The van der Waals surface area contributed by atoms with Crippen molar-refractivity contribution in [3.05, 3.63) is 88.7 Å². The number of alkyl halides is 1. The van der Waals surface area contributed by atoms with Gasteiger partial charge in [0, 0.05) is 37.0 Å². The molecule has 37 heavy (non-hydrogen) atoms. The Bertz CT molecular complexity index is 1270. The van der Waals surface area contributed by atoms with E-state index in [1.54, 1.807) is 7.11 Å². The van der Waals surface area contributed by atoms with Gasteiger partial charge in [0.05, 0.1) is 13.8 Å². The van der Waals surface area contributed by atoms with E-state index in [0.717, 1.165) is 79.0 Å². The van der Waals surface area contributed by atoms with E-state index in [-0.39, 0.29) is 18.6 Å². The molecule has 0 bridgehead atoms. The number of nitrogen functional groups attached to an aromatic ring is 1. The van der Waals surface area contributed by atoms with E-state index >= 15 is 4.39 Å². The number of likely N-dealkylation sites (tertiary alicyclic amines) is 1. The van der Waals surface area contributed by atoms with Crippen molar-refractivity contribution in [3.8, 4) is 11.5 Å². The molecule has 0 aromatic heterocycles. The number of benzene rings is 3. The van der Waals surface area contributed by atoms with Gasteiger partial charge in [-0.3, -0.25) is 9.29 Å². The zero-order valence-corrected chi connectivity index (χ0v) is 21.3. The van der Waals surface area contributed by atoms with E-state index in [1.807, 2.05) is 36.4 Å². The van der Waals surface area contributed by atoms with Crippen LogP contribution in [0.25, 0.3) is 11.1 Å². The number of hydrogen-bond donors (Lipinski definition) is 1. The highest BCUT2D eigenvalue weighted by Crippen LogP contribution is 2.41. The summed E-state index contributed by atoms with van der Waals surface area (Å²) in [7, 11) is 1.54. The zero-order valence-electron chi connectivity index (χ0n) is 21.3. The molecule has 6 heteroatoms. The monoisotopic (exact) mass is 504 g/mol. The minimum absolute atomic E-state index is 0.107. The van der Waals surface area contributed by atoms with Crippen LogP contribution >= 0.6 is 0 Å². The van der Waals surface area contributed by atoms with Gasteiger partial charge in [-0.15, -0.1) is 0 Å². The lowest BCUT2D eigenvalue weighted by atomic mass is 9.87. The van der Waals surface area contributed by atoms with Gasteiger partial charge in [-0.1, -0.05) is 18.2 Å². The van der Waals surface area contributed by atoms with Crippen LogP contribution in [-0.4, -0.2) is 44.4 Å². The molecule has 1 heterocycles. The number of allylic oxidation sites excluding steroid dienone is 1. The molecule has 194 valence electrons. The van der Waals surface area contributed by atoms with Gasteiger partial charge in [-0.05, 0) is 96.3 Å². The van der Waals surface area contributed by atoms with Crippen LogP contribution in [0.15, 0.2) is 60.7 Å². The van der Waals surface area contributed by atoms with Crippen molar-refractivity contribution in [2.24, 2.45) is 0 Å². The first-order chi connectivity index (χ1) is 18.1. The van der Waals surface area contributed by atoms with E-state index in [2.05, 4.69) is 23.1 Å². The first kappa shape index (κ1) is 25.3. The number of nitrogens with zero attached hydrogens (tertiary/aromatic N) is 1. The number of ether oxygens (including phenoxy) is 2. The number of fused-ring (bicyclic) bond motifs is 1. The second-order valence-electron chi connectivity index (χ2n) is 9.87. The number of rotatable bonds is 8. The van der Waals surface area contributed by atoms with Gasteiger partial charge in [0.1, 0.15) is 23.4 Å². The maximum atomic E-state index is 15.3. The summed E-state index contributed by atoms with van der Waals surface area (Å²) in [4.78, 5) is 2.26. The molecule has 3 aromatic rings. The Morgan fingerprint density at radius 3 is 2.51 bits per heavy atom. The second-order valence-corrected chi connectivity index (χ2v) is 9.87. The van der Waals surface area contributed by atoms with Crippen molar-refractivity contribution < 1.29 is 18.3 Å². The minimum Gasteiger partial charge on any atom is -0.497 e. The van der Waals surface area contributed by atoms with E-state index < -0.39 is 0 Å². The quantitative estimate of drug-likeness (QED) is 0.355. The van der Waals surface area contributed by atoms with Crippen LogP contribution in [0.3, 0.4) is 0 Å². The van der Waals surface area contributed by atoms with Crippen LogP contribution in [-0.2, 0) is 6.42 Å². The maximum absolute atomic E-state index is 15.3. The summed E-state index contributed by atoms with van der Waals surface area (Å²) in [5.74, 6) is 1.02. The number of anilines is 1. The summed E-state index contributed by atoms with van der Waals surface area (Å²) in [5, 5.41) is 0. The number of nitrogens with two attached hydrogens (primary N) is 1. The average molecular weight is 505 g/mol. The van der Waals surface area contributed by atoms with Crippen molar-refractivity contribution in [1.82, 2.24) is 4.90 Å². The Kier molecular flexibility index (Phi) is 7.75. The van der Waals surface area contributed by atoms with Crippen molar-refractivity contribution in [2.75, 3.05) is 39.2 Å². The fourth-order valence-corrected chi connectivity index (χ4v) is 5.55. The number of aryl methyl sites for hydroxylation is 1. The third-order valence-corrected chi connectivity index (χ3v) is 7.36. The van der Waals surface area contributed by atoms with Crippen molar-refractivity contribution in [1.29, 1.82) is 0 Å². The summed E-state index contributed by atoms with van der Waals surface area (Å²) < 4.78 is 39.3. The van der Waals surface area contributed by atoms with Crippen molar-refractivity contribution in [3.63, 3.8) is 0 Å². The first-order valence-electron chi connectivity index (χ1n) is 13.1. The molecule has 1 aliphatic carbocycles. The summed E-state index contributed by atoms with van der Waals surface area (Å²) in [5.41, 5.74) is 12.8. The van der Waals surface area contributed by atoms with E-state index in [9.17, 15) is 4.39 Å². The molecule has 2 N–H and O–H groups in total. The maximum Gasteiger partial charge on any atom is 0.134 e. The van der Waals surface area contributed by atoms with Crippen LogP contribution in [0.4, 0.5) is 14.5 Å². The van der Waals surface area contributed by atoms with E-state index in [1.165, 1.54) is 11.6 Å². The SMILES string of the molecule is COc1ccc(C2=C(c3ccc(O[C@H]4CCN(CCCF)C4)cc3)c3ccc(N)cc3CCC2)c(F)c1. The molecule has 2 aliphatic rings. The topological polar surface area (TPSA) is 47.7 Å². The highest BCUT2D eigenvalue weighted by molar-refractivity contribution is 6.00. The van der Waals surface area contributed by atoms with Gasteiger partial charge >= 0.3 is 0 Å². The average Bonchev–Trinajstić information content (AvgIpc) is 3.27. The van der Waals surface area contributed by atoms with Gasteiger partial charge in [0.2, 0.25) is 0 Å². The molecular formula is C31H34F2N2O2. The molecule has 5 rings (SSSR count). The third kappa shape index (κ3) is 5.64. The van der Waals surface area contributed by atoms with Crippen LogP contribution in [0.5, 0.6) is 11.5 Å². The van der Waals surface area contributed by atoms with Gasteiger partial charge in [-0.25, -0.2) is 4.39 Å². The normalized spacial score (nSPS) is 18.0. The van der Waals surface area contributed by atoms with Gasteiger partial charge in [0.15, 0.2) is 0 Å². The fraction of sp³-hybridized carbons (Fsp3) is 0.355. The van der Waals surface area contributed by atoms with E-state index in [4.69, 9.17) is 15.2 Å². The zero-order chi connectivity index (χ0) is 25.8. The smallest absolute Gasteiger partial charge is 0.134 e. The fourth-order valence-electron chi connectivity index (χ4n) is 5.55. The molecule has 0 radical (unpaired) electrons. The Hall–Kier alpha value is -3.38. The van der Waals surface area contributed by atoms with Crippen molar-refractivity contribution >= 4 is 16.8 Å². The lowest BCUT2D eigenvalue weighted by molar-refractivity contribution is 0.198. The van der Waals surface area contributed by atoms with Crippen molar-refractivity contribution in [2.45, 2.75) is 38.2 Å². The summed E-state index contributed by atoms with van der Waals surface area (Å²) in [6.45, 7) is 2.25. The number of methoxy groups -OCH3 is 1. The Balaban J connectivity index is 1.49. The molecule has 0 unspecified atom stereocenters. The Labute approximate surface area is 217 Å². The predicted molar refractivity (Wildman–Crippen MR) is 145 cm³/mol. The predicted octanol–water partition coefficient (Wildman–Crippen LogP) is 6.52. The lowest BCUT2D eigenvalue weighted by Crippen LogP contribution is -2.26. The number of halogens is 2. The highest BCUT2D eigenvalue weighted by Gasteiger charge is 2.25. The molecule has 4 nitrogen and oxygen atoms in total.